The first-order valence-corrected chi connectivity index (χ1v) is 7.92. The summed E-state index contributed by atoms with van der Waals surface area (Å²) in [5.74, 6) is -6.26. The zero-order chi connectivity index (χ0) is 18.9. The van der Waals surface area contributed by atoms with E-state index in [4.69, 9.17) is 0 Å². The molecule has 0 aliphatic heterocycles. The molecule has 136 valence electrons. The Kier molecular flexibility index (Phi) is 5.22. The topological polar surface area (TPSA) is 24.4 Å². The van der Waals surface area contributed by atoms with E-state index in [0.29, 0.717) is 10.8 Å². The van der Waals surface area contributed by atoms with Crippen molar-refractivity contribution in [1.29, 1.82) is 0 Å². The van der Waals surface area contributed by atoms with Crippen LogP contribution in [0, 0.1) is 0 Å². The number of nitrogens with zero attached hydrogens (tertiary/aromatic N) is 1. The van der Waals surface area contributed by atoms with Crippen LogP contribution in [0.25, 0.3) is 10.8 Å². The molecule has 0 unspecified atom stereocenters. The van der Waals surface area contributed by atoms with Crippen molar-refractivity contribution in [3.05, 3.63) is 42.0 Å². The molecule has 0 aromatic heterocycles. The first kappa shape index (κ1) is 19.4. The van der Waals surface area contributed by atoms with Gasteiger partial charge in [0, 0.05) is 10.5 Å². The van der Waals surface area contributed by atoms with Crippen molar-refractivity contribution in [2.75, 3.05) is 6.26 Å². The molecule has 0 spiro atoms. The number of alkyl halides is 7. The van der Waals surface area contributed by atoms with Gasteiger partial charge in [0.25, 0.3) is 0 Å². The molecule has 0 fully saturated rings. The number of hydrogen-bond acceptors (Lipinski definition) is 3. The van der Waals surface area contributed by atoms with E-state index in [9.17, 15) is 30.7 Å². The van der Waals surface area contributed by atoms with Crippen LogP contribution in [0.1, 0.15) is 5.56 Å². The standard InChI is InChI=1S/C15H11F7N2S/c1-25-12-7-6-9(10-4-2-3-5-11(10)12)8-23-24-15(21,22)13(16,17)14(18,19)20/h2-8,24H,1H3/b23-8+. The van der Waals surface area contributed by atoms with Gasteiger partial charge in [0.15, 0.2) is 0 Å². The van der Waals surface area contributed by atoms with Crippen molar-refractivity contribution < 1.29 is 30.7 Å². The van der Waals surface area contributed by atoms with Gasteiger partial charge in [-0.05, 0) is 23.1 Å². The SMILES string of the molecule is CSc1ccc(/C=N/NC(F)(F)C(F)(F)C(F)(F)F)c2ccccc12. The number of fused-ring (bicyclic) bond motifs is 1. The maximum absolute atomic E-state index is 13.1. The molecule has 2 nitrogen and oxygen atoms in total. The zero-order valence-corrected chi connectivity index (χ0v) is 13.4. The molecule has 0 aliphatic rings. The number of benzene rings is 2. The molecule has 0 saturated heterocycles. The maximum atomic E-state index is 13.1. The number of thioether (sulfide) groups is 1. The Morgan fingerprint density at radius 3 is 2.08 bits per heavy atom. The van der Waals surface area contributed by atoms with Crippen LogP contribution in [-0.2, 0) is 0 Å². The molecule has 0 radical (unpaired) electrons. The molecule has 0 amide bonds. The smallest absolute Gasteiger partial charge is 0.242 e. The second-order valence-electron chi connectivity index (χ2n) is 4.92. The lowest BCUT2D eigenvalue weighted by molar-refractivity contribution is -0.361. The summed E-state index contributed by atoms with van der Waals surface area (Å²) < 4.78 is 88.0. The average Bonchev–Trinajstić information content (AvgIpc) is 2.53. The third kappa shape index (κ3) is 3.68. The molecule has 0 atom stereocenters. The van der Waals surface area contributed by atoms with Crippen LogP contribution in [0.4, 0.5) is 30.7 Å². The summed E-state index contributed by atoms with van der Waals surface area (Å²) >= 11 is 1.44. The molecule has 1 N–H and O–H groups in total. The summed E-state index contributed by atoms with van der Waals surface area (Å²) in [5.41, 5.74) is 0.893. The van der Waals surface area contributed by atoms with Crippen LogP contribution >= 0.6 is 11.8 Å². The highest BCUT2D eigenvalue weighted by Crippen LogP contribution is 2.45. The fraction of sp³-hybridized carbons (Fsp3) is 0.267. The predicted molar refractivity (Wildman–Crippen MR) is 82.4 cm³/mol. The minimum Gasteiger partial charge on any atom is -0.242 e. The van der Waals surface area contributed by atoms with Crippen LogP contribution in [-0.4, -0.2) is 30.6 Å². The van der Waals surface area contributed by atoms with Crippen molar-refractivity contribution in [3.8, 4) is 0 Å². The van der Waals surface area contributed by atoms with Crippen molar-refractivity contribution in [2.24, 2.45) is 5.10 Å². The molecule has 2 rings (SSSR count). The molecular weight excluding hydrogens is 373 g/mol. The van der Waals surface area contributed by atoms with Gasteiger partial charge in [0.2, 0.25) is 0 Å². The van der Waals surface area contributed by atoms with Crippen LogP contribution in [0.3, 0.4) is 0 Å². The highest BCUT2D eigenvalue weighted by Gasteiger charge is 2.73. The van der Waals surface area contributed by atoms with E-state index in [1.54, 1.807) is 30.3 Å². The molecule has 10 heteroatoms. The van der Waals surface area contributed by atoms with E-state index >= 15 is 0 Å². The number of nitrogens with one attached hydrogen (secondary N) is 1. The number of rotatable bonds is 5. The minimum absolute atomic E-state index is 0.284. The van der Waals surface area contributed by atoms with E-state index in [0.717, 1.165) is 16.5 Å². The Morgan fingerprint density at radius 1 is 0.920 bits per heavy atom. The van der Waals surface area contributed by atoms with Crippen LogP contribution in [0.5, 0.6) is 0 Å². The average molecular weight is 384 g/mol. The predicted octanol–water partition coefficient (Wildman–Crippen LogP) is 5.28. The van der Waals surface area contributed by atoms with Gasteiger partial charge in [-0.25, -0.2) is 5.43 Å². The third-order valence-corrected chi connectivity index (χ3v) is 4.09. The molecule has 0 aliphatic carbocycles. The zero-order valence-electron chi connectivity index (χ0n) is 12.5. The fourth-order valence-electron chi connectivity index (χ4n) is 2.02. The summed E-state index contributed by atoms with van der Waals surface area (Å²) in [6.07, 6.45) is -3.81. The molecule has 0 saturated carbocycles. The quantitative estimate of drug-likeness (QED) is 0.250. The summed E-state index contributed by atoms with van der Waals surface area (Å²) in [7, 11) is 0. The number of hydrazone groups is 1. The van der Waals surface area contributed by atoms with E-state index in [-0.39, 0.29) is 5.56 Å². The molecule has 25 heavy (non-hydrogen) atoms. The molecule has 0 bridgehead atoms. The highest BCUT2D eigenvalue weighted by atomic mass is 32.2. The summed E-state index contributed by atoms with van der Waals surface area (Å²) in [6, 6.07) is 4.41. The van der Waals surface area contributed by atoms with Crippen LogP contribution < -0.4 is 5.43 Å². The minimum atomic E-state index is -6.41. The van der Waals surface area contributed by atoms with Gasteiger partial charge < -0.3 is 0 Å². The van der Waals surface area contributed by atoms with Crippen molar-refractivity contribution in [2.45, 2.75) is 23.0 Å². The Morgan fingerprint density at radius 2 is 1.52 bits per heavy atom. The number of hydrogen-bond donors (Lipinski definition) is 1. The van der Waals surface area contributed by atoms with Gasteiger partial charge in [-0.15, -0.1) is 11.8 Å². The summed E-state index contributed by atoms with van der Waals surface area (Å²) in [6.45, 7) is 0. The maximum Gasteiger partial charge on any atom is 0.462 e. The van der Waals surface area contributed by atoms with Gasteiger partial charge in [0.05, 0.1) is 6.21 Å². The second-order valence-corrected chi connectivity index (χ2v) is 5.77. The second kappa shape index (κ2) is 6.74. The third-order valence-electron chi connectivity index (χ3n) is 3.30. The summed E-state index contributed by atoms with van der Waals surface area (Å²) in [5, 5.41) is 4.25. The van der Waals surface area contributed by atoms with Crippen LogP contribution in [0.15, 0.2) is 46.4 Å². The van der Waals surface area contributed by atoms with E-state index in [2.05, 4.69) is 5.10 Å². The van der Waals surface area contributed by atoms with Gasteiger partial charge in [-0.3, -0.25) is 0 Å². The van der Waals surface area contributed by atoms with E-state index in [1.165, 1.54) is 17.8 Å². The monoisotopic (exact) mass is 384 g/mol. The van der Waals surface area contributed by atoms with Gasteiger partial charge in [0.1, 0.15) is 0 Å². The lowest BCUT2D eigenvalue weighted by Gasteiger charge is -2.27. The Labute approximate surface area is 142 Å². The Hall–Kier alpha value is -1.97. The first-order valence-electron chi connectivity index (χ1n) is 6.69. The molecule has 0 heterocycles. The van der Waals surface area contributed by atoms with Crippen molar-refractivity contribution in [1.82, 2.24) is 5.43 Å². The van der Waals surface area contributed by atoms with Crippen molar-refractivity contribution >= 4 is 28.7 Å². The van der Waals surface area contributed by atoms with Crippen molar-refractivity contribution in [3.63, 3.8) is 0 Å². The van der Waals surface area contributed by atoms with E-state index in [1.807, 2.05) is 6.26 Å². The summed E-state index contributed by atoms with van der Waals surface area (Å²) in [4.78, 5) is 0.884. The molecular formula is C15H11F7N2S. The van der Waals surface area contributed by atoms with Crippen LogP contribution in [0.2, 0.25) is 0 Å². The molecule has 2 aromatic rings. The van der Waals surface area contributed by atoms with E-state index < -0.39 is 18.1 Å². The highest BCUT2D eigenvalue weighted by molar-refractivity contribution is 7.98. The lowest BCUT2D eigenvalue weighted by atomic mass is 10.1. The fourth-order valence-corrected chi connectivity index (χ4v) is 2.62. The Bertz CT molecular complexity index is 787. The Balaban J connectivity index is 2.30. The first-order chi connectivity index (χ1) is 11.5. The molecule has 2 aromatic carbocycles. The largest absolute Gasteiger partial charge is 0.462 e. The van der Waals surface area contributed by atoms with Gasteiger partial charge in [-0.1, -0.05) is 30.3 Å². The lowest BCUT2D eigenvalue weighted by Crippen LogP contribution is -2.58. The van der Waals surface area contributed by atoms with Gasteiger partial charge >= 0.3 is 18.1 Å². The number of halogens is 7. The normalized spacial score (nSPS) is 13.6. The van der Waals surface area contributed by atoms with Gasteiger partial charge in [-0.2, -0.15) is 35.8 Å².